The van der Waals surface area contributed by atoms with Crippen LogP contribution in [-0.4, -0.2) is 25.2 Å². The van der Waals surface area contributed by atoms with Gasteiger partial charge in [-0.05, 0) is 37.6 Å². The topological polar surface area (TPSA) is 55.1 Å². The first-order valence-electron chi connectivity index (χ1n) is 6.78. The van der Waals surface area contributed by atoms with Crippen molar-refractivity contribution < 1.29 is 18.0 Å². The van der Waals surface area contributed by atoms with E-state index in [0.717, 1.165) is 6.42 Å². The Morgan fingerprint density at radius 3 is 2.37 bits per heavy atom. The Bertz CT molecular complexity index is 255. The molecule has 0 saturated carbocycles. The Balaban J connectivity index is 3.68. The van der Waals surface area contributed by atoms with Crippen molar-refractivity contribution in [3.63, 3.8) is 0 Å². The van der Waals surface area contributed by atoms with Crippen LogP contribution in [0.3, 0.4) is 0 Å². The average Bonchev–Trinajstić information content (AvgIpc) is 2.25. The molecule has 0 aromatic carbocycles. The number of hydrogen-bond acceptors (Lipinski definition) is 2. The Kier molecular flexibility index (Phi) is 8.80. The molecule has 0 heterocycles. The summed E-state index contributed by atoms with van der Waals surface area (Å²) in [5.74, 6) is 0.506. The minimum absolute atomic E-state index is 0.0517. The van der Waals surface area contributed by atoms with Crippen LogP contribution in [0.25, 0.3) is 0 Å². The van der Waals surface area contributed by atoms with Gasteiger partial charge in [0.05, 0.1) is 0 Å². The van der Waals surface area contributed by atoms with Gasteiger partial charge in [0.1, 0.15) is 0 Å². The van der Waals surface area contributed by atoms with Gasteiger partial charge in [-0.1, -0.05) is 13.8 Å². The van der Waals surface area contributed by atoms with Gasteiger partial charge in [-0.2, -0.15) is 13.2 Å². The maximum atomic E-state index is 11.9. The van der Waals surface area contributed by atoms with Crippen LogP contribution in [0.15, 0.2) is 0 Å². The molecule has 0 bridgehead atoms. The molecule has 0 spiro atoms. The molecule has 0 radical (unpaired) electrons. The first-order chi connectivity index (χ1) is 8.74. The average molecular weight is 282 g/mol. The van der Waals surface area contributed by atoms with E-state index < -0.39 is 12.6 Å². The first-order valence-corrected chi connectivity index (χ1v) is 6.78. The molecule has 3 nitrogen and oxygen atoms in total. The number of carbonyl (C=O) groups is 1. The molecule has 114 valence electrons. The number of hydrogen-bond donors (Lipinski definition) is 2. The van der Waals surface area contributed by atoms with E-state index in [4.69, 9.17) is 5.73 Å². The fourth-order valence-electron chi connectivity index (χ4n) is 1.94. The molecule has 3 N–H and O–H groups in total. The third-order valence-corrected chi connectivity index (χ3v) is 2.82. The molecule has 1 amide bonds. The molecular formula is C13H25F3N2O. The van der Waals surface area contributed by atoms with E-state index in [1.165, 1.54) is 0 Å². The predicted octanol–water partition coefficient (Wildman–Crippen LogP) is 2.85. The number of nitrogens with two attached hydrogens (primary N) is 1. The van der Waals surface area contributed by atoms with Gasteiger partial charge < -0.3 is 11.1 Å². The van der Waals surface area contributed by atoms with Crippen LogP contribution in [0.5, 0.6) is 0 Å². The van der Waals surface area contributed by atoms with Gasteiger partial charge in [-0.3, -0.25) is 4.79 Å². The second-order valence-electron chi connectivity index (χ2n) is 5.36. The molecule has 0 aromatic heterocycles. The number of amides is 1. The molecule has 0 aliphatic carbocycles. The van der Waals surface area contributed by atoms with Gasteiger partial charge in [-0.25, -0.2) is 0 Å². The third-order valence-electron chi connectivity index (χ3n) is 2.82. The number of halogens is 3. The monoisotopic (exact) mass is 282 g/mol. The van der Waals surface area contributed by atoms with Crippen molar-refractivity contribution >= 4 is 5.91 Å². The largest absolute Gasteiger partial charge is 0.389 e. The zero-order chi connectivity index (χ0) is 14.9. The number of nitrogens with one attached hydrogen (secondary N) is 1. The van der Waals surface area contributed by atoms with Crippen molar-refractivity contribution in [2.24, 2.45) is 17.6 Å². The van der Waals surface area contributed by atoms with E-state index in [0.29, 0.717) is 31.8 Å². The second kappa shape index (κ2) is 9.18. The Morgan fingerprint density at radius 2 is 1.89 bits per heavy atom. The maximum Gasteiger partial charge on any atom is 0.389 e. The lowest BCUT2D eigenvalue weighted by Gasteiger charge is -2.16. The highest BCUT2D eigenvalue weighted by atomic mass is 19.4. The van der Waals surface area contributed by atoms with Crippen LogP contribution in [0.2, 0.25) is 0 Å². The third kappa shape index (κ3) is 12.0. The number of unbranched alkanes of at least 4 members (excludes halogenated alkanes) is 1. The fourth-order valence-corrected chi connectivity index (χ4v) is 1.94. The summed E-state index contributed by atoms with van der Waals surface area (Å²) in [6.45, 7) is 4.89. The standard InChI is InChI=1S/C13H25F3N2O/c1-10(2)7-11(9-17)8-12(19)18-6-4-3-5-13(14,15)16/h10-11H,3-9,17H2,1-2H3,(H,18,19)/t11-/m0/s1. The van der Waals surface area contributed by atoms with Gasteiger partial charge in [0.2, 0.25) is 5.91 Å². The Morgan fingerprint density at radius 1 is 1.26 bits per heavy atom. The van der Waals surface area contributed by atoms with Gasteiger partial charge in [0.25, 0.3) is 0 Å². The van der Waals surface area contributed by atoms with Crippen molar-refractivity contribution in [1.82, 2.24) is 5.32 Å². The maximum absolute atomic E-state index is 11.9. The predicted molar refractivity (Wildman–Crippen MR) is 69.5 cm³/mol. The minimum Gasteiger partial charge on any atom is -0.356 e. The van der Waals surface area contributed by atoms with Gasteiger partial charge >= 0.3 is 6.18 Å². The second-order valence-corrected chi connectivity index (χ2v) is 5.36. The van der Waals surface area contributed by atoms with E-state index in [1.807, 2.05) is 0 Å². The number of carbonyl (C=O) groups excluding carboxylic acids is 1. The van der Waals surface area contributed by atoms with Crippen LogP contribution in [-0.2, 0) is 4.79 Å². The number of rotatable bonds is 9. The van der Waals surface area contributed by atoms with E-state index in [1.54, 1.807) is 0 Å². The molecule has 0 fully saturated rings. The molecule has 1 atom stereocenters. The molecular weight excluding hydrogens is 257 g/mol. The quantitative estimate of drug-likeness (QED) is 0.639. The molecule has 0 aliphatic rings. The van der Waals surface area contributed by atoms with Crippen LogP contribution < -0.4 is 11.1 Å². The van der Waals surface area contributed by atoms with E-state index in [2.05, 4.69) is 19.2 Å². The van der Waals surface area contributed by atoms with Gasteiger partial charge in [0.15, 0.2) is 0 Å². The summed E-state index contributed by atoms with van der Waals surface area (Å²) in [6.07, 6.45) is -3.25. The normalized spacial score (nSPS) is 13.6. The van der Waals surface area contributed by atoms with Crippen molar-refractivity contribution in [3.05, 3.63) is 0 Å². The van der Waals surface area contributed by atoms with Crippen molar-refractivity contribution in [3.8, 4) is 0 Å². The van der Waals surface area contributed by atoms with E-state index in [9.17, 15) is 18.0 Å². The van der Waals surface area contributed by atoms with Crippen molar-refractivity contribution in [1.29, 1.82) is 0 Å². The summed E-state index contributed by atoms with van der Waals surface area (Å²) in [4.78, 5) is 11.6. The Hall–Kier alpha value is -0.780. The summed E-state index contributed by atoms with van der Waals surface area (Å²) in [6, 6.07) is 0. The SMILES string of the molecule is CC(C)C[C@H](CN)CC(=O)NCCCCC(F)(F)F. The van der Waals surface area contributed by atoms with Gasteiger partial charge in [0, 0.05) is 19.4 Å². The molecule has 0 aromatic rings. The van der Waals surface area contributed by atoms with Crippen LogP contribution in [0.4, 0.5) is 13.2 Å². The van der Waals surface area contributed by atoms with Crippen LogP contribution >= 0.6 is 0 Å². The highest BCUT2D eigenvalue weighted by Crippen LogP contribution is 2.21. The van der Waals surface area contributed by atoms with Crippen LogP contribution in [0, 0.1) is 11.8 Å². The zero-order valence-corrected chi connectivity index (χ0v) is 11.7. The summed E-state index contributed by atoms with van der Waals surface area (Å²) in [5.41, 5.74) is 5.59. The molecule has 6 heteroatoms. The summed E-state index contributed by atoms with van der Waals surface area (Å²) in [5, 5.41) is 2.65. The van der Waals surface area contributed by atoms with Gasteiger partial charge in [-0.15, -0.1) is 0 Å². The first kappa shape index (κ1) is 18.2. The molecule has 19 heavy (non-hydrogen) atoms. The lowest BCUT2D eigenvalue weighted by atomic mass is 9.94. The smallest absolute Gasteiger partial charge is 0.356 e. The number of alkyl halides is 3. The fraction of sp³-hybridized carbons (Fsp3) is 0.923. The van der Waals surface area contributed by atoms with E-state index >= 15 is 0 Å². The summed E-state index contributed by atoms with van der Waals surface area (Å²) in [7, 11) is 0. The Labute approximate surface area is 113 Å². The molecule has 0 unspecified atom stereocenters. The van der Waals surface area contributed by atoms with Crippen LogP contribution in [0.1, 0.15) is 46.0 Å². The lowest BCUT2D eigenvalue weighted by molar-refractivity contribution is -0.135. The summed E-state index contributed by atoms with van der Waals surface area (Å²) < 4.78 is 35.6. The zero-order valence-electron chi connectivity index (χ0n) is 11.7. The molecule has 0 rings (SSSR count). The molecule has 0 aliphatic heterocycles. The highest BCUT2D eigenvalue weighted by molar-refractivity contribution is 5.76. The summed E-state index contributed by atoms with van der Waals surface area (Å²) >= 11 is 0. The van der Waals surface area contributed by atoms with Crippen molar-refractivity contribution in [2.75, 3.05) is 13.1 Å². The highest BCUT2D eigenvalue weighted by Gasteiger charge is 2.25. The lowest BCUT2D eigenvalue weighted by Crippen LogP contribution is -2.29. The van der Waals surface area contributed by atoms with Crippen molar-refractivity contribution in [2.45, 2.75) is 52.1 Å². The minimum atomic E-state index is -4.11. The van der Waals surface area contributed by atoms with E-state index in [-0.39, 0.29) is 18.2 Å². The molecule has 0 saturated heterocycles.